The summed E-state index contributed by atoms with van der Waals surface area (Å²) in [6.45, 7) is 3.37. The van der Waals surface area contributed by atoms with Crippen molar-refractivity contribution in [1.82, 2.24) is 0 Å². The number of carbonyl (C=O) groups excluding carboxylic acids is 1. The van der Waals surface area contributed by atoms with Crippen LogP contribution in [0.2, 0.25) is 0 Å². The minimum atomic E-state index is 0.0587. The van der Waals surface area contributed by atoms with Crippen molar-refractivity contribution in [3.05, 3.63) is 0 Å². The van der Waals surface area contributed by atoms with E-state index in [4.69, 9.17) is 9.47 Å². The van der Waals surface area contributed by atoms with E-state index in [1.165, 1.54) is 19.3 Å². The zero-order chi connectivity index (χ0) is 11.6. The summed E-state index contributed by atoms with van der Waals surface area (Å²) in [5, 5.41) is 0. The van der Waals surface area contributed by atoms with Gasteiger partial charge in [-0.05, 0) is 56.3 Å². The number of esters is 1. The first-order valence-corrected chi connectivity index (χ1v) is 7.06. The Bertz CT molecular complexity index is 360. The van der Waals surface area contributed by atoms with E-state index in [0.717, 1.165) is 24.9 Å². The summed E-state index contributed by atoms with van der Waals surface area (Å²) >= 11 is 0. The summed E-state index contributed by atoms with van der Waals surface area (Å²) in [6.07, 6.45) is 4.88. The molecule has 4 aliphatic rings. The van der Waals surface area contributed by atoms with Gasteiger partial charge in [0, 0.05) is 0 Å². The van der Waals surface area contributed by atoms with E-state index in [9.17, 15) is 4.79 Å². The molecule has 3 saturated carbocycles. The van der Waals surface area contributed by atoms with Gasteiger partial charge in [-0.1, -0.05) is 0 Å². The van der Waals surface area contributed by atoms with Crippen LogP contribution >= 0.6 is 0 Å². The van der Waals surface area contributed by atoms with E-state index >= 15 is 0 Å². The standard InChI is InChI=1S/C14H20O3/c1-2-16-13(15)10-4-3-9-8-5-11(12(9)10)14(6-8)7-17-14/h8-12H,2-7H2,1H3. The highest BCUT2D eigenvalue weighted by Gasteiger charge is 2.69. The van der Waals surface area contributed by atoms with Gasteiger partial charge in [0.25, 0.3) is 0 Å². The number of hydrogen-bond donors (Lipinski definition) is 0. The van der Waals surface area contributed by atoms with E-state index in [2.05, 4.69) is 0 Å². The fraction of sp³-hybridized carbons (Fsp3) is 0.929. The van der Waals surface area contributed by atoms with Crippen LogP contribution in [0.15, 0.2) is 0 Å². The van der Waals surface area contributed by atoms with Crippen molar-refractivity contribution < 1.29 is 14.3 Å². The van der Waals surface area contributed by atoms with E-state index in [1.807, 2.05) is 6.92 Å². The van der Waals surface area contributed by atoms with Gasteiger partial charge < -0.3 is 9.47 Å². The Kier molecular flexibility index (Phi) is 1.98. The van der Waals surface area contributed by atoms with E-state index in [1.54, 1.807) is 0 Å². The number of fused-ring (bicyclic) bond motifs is 6. The van der Waals surface area contributed by atoms with Crippen LogP contribution in [-0.2, 0) is 14.3 Å². The maximum Gasteiger partial charge on any atom is 0.309 e. The topological polar surface area (TPSA) is 38.8 Å². The van der Waals surface area contributed by atoms with Crippen molar-refractivity contribution in [3.63, 3.8) is 0 Å². The summed E-state index contributed by atoms with van der Waals surface area (Å²) in [4.78, 5) is 12.0. The van der Waals surface area contributed by atoms with E-state index in [0.29, 0.717) is 18.4 Å². The van der Waals surface area contributed by atoms with Crippen molar-refractivity contribution in [2.45, 2.75) is 38.2 Å². The van der Waals surface area contributed by atoms with Gasteiger partial charge in [-0.3, -0.25) is 4.79 Å². The van der Waals surface area contributed by atoms with Crippen molar-refractivity contribution in [2.24, 2.45) is 29.6 Å². The van der Waals surface area contributed by atoms with Crippen LogP contribution in [-0.4, -0.2) is 24.8 Å². The molecule has 0 aromatic rings. The minimum absolute atomic E-state index is 0.0587. The fourth-order valence-electron chi connectivity index (χ4n) is 5.19. The Balaban J connectivity index is 1.59. The highest BCUT2D eigenvalue weighted by atomic mass is 16.6. The normalized spacial score (nSPS) is 54.1. The van der Waals surface area contributed by atoms with Crippen molar-refractivity contribution in [2.75, 3.05) is 13.2 Å². The van der Waals surface area contributed by atoms with Crippen LogP contribution in [0.25, 0.3) is 0 Å². The summed E-state index contributed by atoms with van der Waals surface area (Å²) in [7, 11) is 0. The van der Waals surface area contributed by atoms with Crippen molar-refractivity contribution >= 4 is 5.97 Å². The predicted octanol–water partition coefficient (Wildman–Crippen LogP) is 2.00. The summed E-state index contributed by atoms with van der Waals surface area (Å²) in [6, 6.07) is 0. The molecular weight excluding hydrogens is 216 g/mol. The second-order valence-corrected chi connectivity index (χ2v) is 6.34. The third kappa shape index (κ3) is 1.24. The minimum Gasteiger partial charge on any atom is -0.466 e. The zero-order valence-corrected chi connectivity index (χ0v) is 10.4. The van der Waals surface area contributed by atoms with Crippen molar-refractivity contribution in [3.8, 4) is 0 Å². The molecular formula is C14H20O3. The van der Waals surface area contributed by atoms with E-state index < -0.39 is 0 Å². The van der Waals surface area contributed by atoms with Gasteiger partial charge in [-0.25, -0.2) is 0 Å². The molecule has 1 saturated heterocycles. The predicted molar refractivity (Wildman–Crippen MR) is 61.2 cm³/mol. The average Bonchev–Trinajstić information content (AvgIpc) is 2.71. The molecule has 0 amide bonds. The fourth-order valence-corrected chi connectivity index (χ4v) is 5.19. The molecule has 0 aromatic carbocycles. The van der Waals surface area contributed by atoms with Gasteiger partial charge in [0.1, 0.15) is 0 Å². The first kappa shape index (κ1) is 10.4. The second kappa shape index (κ2) is 3.25. The highest BCUT2D eigenvalue weighted by Crippen LogP contribution is 2.68. The summed E-state index contributed by atoms with van der Waals surface area (Å²) in [5.41, 5.74) is 0.209. The SMILES string of the molecule is CCOC(=O)C1CCC2C3CC(C12)C1(CO1)C3. The first-order valence-electron chi connectivity index (χ1n) is 7.06. The number of rotatable bonds is 2. The largest absolute Gasteiger partial charge is 0.466 e. The maximum absolute atomic E-state index is 12.0. The van der Waals surface area contributed by atoms with Gasteiger partial charge in [0.05, 0.1) is 24.7 Å². The molecule has 1 aliphatic heterocycles. The van der Waals surface area contributed by atoms with Gasteiger partial charge in [0.15, 0.2) is 0 Å². The smallest absolute Gasteiger partial charge is 0.309 e. The molecule has 6 atom stereocenters. The first-order chi connectivity index (χ1) is 8.25. The van der Waals surface area contributed by atoms with Gasteiger partial charge in [0.2, 0.25) is 0 Å². The second-order valence-electron chi connectivity index (χ2n) is 6.34. The molecule has 2 bridgehead atoms. The van der Waals surface area contributed by atoms with Crippen LogP contribution in [0.3, 0.4) is 0 Å². The molecule has 0 radical (unpaired) electrons. The highest BCUT2D eigenvalue weighted by molar-refractivity contribution is 5.73. The Morgan fingerprint density at radius 1 is 1.47 bits per heavy atom. The quantitative estimate of drug-likeness (QED) is 0.544. The number of ether oxygens (including phenoxy) is 2. The maximum atomic E-state index is 12.0. The third-order valence-corrected chi connectivity index (χ3v) is 5.78. The monoisotopic (exact) mass is 236 g/mol. The summed E-state index contributed by atoms with van der Waals surface area (Å²) < 4.78 is 11.0. The van der Waals surface area contributed by atoms with Gasteiger partial charge in [-0.2, -0.15) is 0 Å². The van der Waals surface area contributed by atoms with Crippen LogP contribution in [0.5, 0.6) is 0 Å². The Labute approximate surface area is 102 Å². The molecule has 1 heterocycles. The Morgan fingerprint density at radius 2 is 2.29 bits per heavy atom. The lowest BCUT2D eigenvalue weighted by atomic mass is 9.72. The molecule has 94 valence electrons. The molecule has 0 aromatic heterocycles. The lowest BCUT2D eigenvalue weighted by Gasteiger charge is -2.32. The van der Waals surface area contributed by atoms with Gasteiger partial charge >= 0.3 is 5.97 Å². The van der Waals surface area contributed by atoms with Crippen LogP contribution in [0, 0.1) is 29.6 Å². The molecule has 3 heteroatoms. The summed E-state index contributed by atoms with van der Waals surface area (Å²) in [5.74, 6) is 3.11. The van der Waals surface area contributed by atoms with E-state index in [-0.39, 0.29) is 17.5 Å². The molecule has 17 heavy (non-hydrogen) atoms. The Hall–Kier alpha value is -0.570. The van der Waals surface area contributed by atoms with Crippen LogP contribution in [0.4, 0.5) is 0 Å². The lowest BCUT2D eigenvalue weighted by Crippen LogP contribution is -2.36. The zero-order valence-electron chi connectivity index (χ0n) is 10.4. The Morgan fingerprint density at radius 3 is 3.00 bits per heavy atom. The van der Waals surface area contributed by atoms with Crippen LogP contribution in [0.1, 0.15) is 32.6 Å². The molecule has 1 spiro atoms. The lowest BCUT2D eigenvalue weighted by molar-refractivity contribution is -0.150. The number of epoxide rings is 1. The molecule has 4 fully saturated rings. The van der Waals surface area contributed by atoms with Crippen LogP contribution < -0.4 is 0 Å². The molecule has 3 aliphatic carbocycles. The van der Waals surface area contributed by atoms with Crippen molar-refractivity contribution in [1.29, 1.82) is 0 Å². The molecule has 3 nitrogen and oxygen atoms in total. The number of carbonyl (C=O) groups is 1. The molecule has 6 unspecified atom stereocenters. The average molecular weight is 236 g/mol. The number of hydrogen-bond acceptors (Lipinski definition) is 3. The molecule has 4 rings (SSSR count). The van der Waals surface area contributed by atoms with Gasteiger partial charge in [-0.15, -0.1) is 0 Å². The molecule has 0 N–H and O–H groups in total. The third-order valence-electron chi connectivity index (χ3n) is 5.78.